The zero-order chi connectivity index (χ0) is 13.6. The first-order valence-electron chi connectivity index (χ1n) is 7.51. The smallest absolute Gasteiger partial charge is 0.153 e. The van der Waals surface area contributed by atoms with Crippen molar-refractivity contribution in [2.45, 2.75) is 44.4 Å². The van der Waals surface area contributed by atoms with Gasteiger partial charge in [-0.3, -0.25) is 5.10 Å². The third kappa shape index (κ3) is 3.38. The van der Waals surface area contributed by atoms with E-state index in [1.807, 2.05) is 30.3 Å². The standard InChI is InChI=1S/C16H21N3O/c1-3-7-13(8-4-1)16-17-15(18-19-16)11-12-20-14-9-5-2-6-10-14/h2,5-6,9-10,13H,1,3-4,7-8,11-12H2,(H,17,18,19). The van der Waals surface area contributed by atoms with Crippen LogP contribution in [-0.4, -0.2) is 21.8 Å². The average molecular weight is 271 g/mol. The largest absolute Gasteiger partial charge is 0.493 e. The number of benzene rings is 1. The fourth-order valence-electron chi connectivity index (χ4n) is 2.75. The molecule has 106 valence electrons. The van der Waals surface area contributed by atoms with Crippen molar-refractivity contribution in [3.8, 4) is 5.75 Å². The molecule has 1 aliphatic rings. The van der Waals surface area contributed by atoms with Crippen molar-refractivity contribution in [2.75, 3.05) is 6.61 Å². The van der Waals surface area contributed by atoms with Gasteiger partial charge in [-0.25, -0.2) is 4.98 Å². The summed E-state index contributed by atoms with van der Waals surface area (Å²) in [5, 5.41) is 7.42. The molecule has 20 heavy (non-hydrogen) atoms. The van der Waals surface area contributed by atoms with Gasteiger partial charge in [-0.15, -0.1) is 0 Å². The molecule has 4 heteroatoms. The summed E-state index contributed by atoms with van der Waals surface area (Å²) in [6, 6.07) is 9.87. The van der Waals surface area contributed by atoms with E-state index in [4.69, 9.17) is 4.74 Å². The Labute approximate surface area is 119 Å². The van der Waals surface area contributed by atoms with Gasteiger partial charge in [0, 0.05) is 12.3 Å². The summed E-state index contributed by atoms with van der Waals surface area (Å²) in [5.41, 5.74) is 0. The molecule has 1 aromatic carbocycles. The molecule has 0 spiro atoms. The van der Waals surface area contributed by atoms with E-state index in [-0.39, 0.29) is 0 Å². The molecule has 2 aromatic rings. The Balaban J connectivity index is 1.50. The molecule has 0 unspecified atom stereocenters. The summed E-state index contributed by atoms with van der Waals surface area (Å²) >= 11 is 0. The predicted molar refractivity (Wildman–Crippen MR) is 77.8 cm³/mol. The van der Waals surface area contributed by atoms with Gasteiger partial charge in [0.25, 0.3) is 0 Å². The number of nitrogens with one attached hydrogen (secondary N) is 1. The van der Waals surface area contributed by atoms with Gasteiger partial charge in [-0.2, -0.15) is 5.10 Å². The van der Waals surface area contributed by atoms with E-state index >= 15 is 0 Å². The number of H-pyrrole nitrogens is 1. The quantitative estimate of drug-likeness (QED) is 0.905. The summed E-state index contributed by atoms with van der Waals surface area (Å²) in [5.74, 6) is 3.39. The van der Waals surface area contributed by atoms with E-state index in [1.165, 1.54) is 32.1 Å². The molecular weight excluding hydrogens is 250 g/mol. The summed E-state index contributed by atoms with van der Waals surface area (Å²) in [6.45, 7) is 0.628. The minimum atomic E-state index is 0.559. The third-order valence-electron chi connectivity index (χ3n) is 3.87. The van der Waals surface area contributed by atoms with Gasteiger partial charge in [0.1, 0.15) is 11.6 Å². The van der Waals surface area contributed by atoms with Crippen LogP contribution in [0, 0.1) is 0 Å². The molecule has 1 heterocycles. The first kappa shape index (κ1) is 13.2. The monoisotopic (exact) mass is 271 g/mol. The fourth-order valence-corrected chi connectivity index (χ4v) is 2.75. The molecule has 1 aromatic heterocycles. The lowest BCUT2D eigenvalue weighted by atomic mass is 9.89. The van der Waals surface area contributed by atoms with Crippen LogP contribution in [0.15, 0.2) is 30.3 Å². The second kappa shape index (κ2) is 6.55. The molecule has 1 N–H and O–H groups in total. The maximum atomic E-state index is 5.68. The van der Waals surface area contributed by atoms with E-state index < -0.39 is 0 Å². The van der Waals surface area contributed by atoms with Gasteiger partial charge in [0.2, 0.25) is 0 Å². The van der Waals surface area contributed by atoms with E-state index in [0.717, 1.165) is 23.8 Å². The second-order valence-corrected chi connectivity index (χ2v) is 5.39. The average Bonchev–Trinajstić information content (AvgIpc) is 2.98. The topological polar surface area (TPSA) is 50.8 Å². The summed E-state index contributed by atoms with van der Waals surface area (Å²) in [4.78, 5) is 4.62. The lowest BCUT2D eigenvalue weighted by Crippen LogP contribution is -2.06. The van der Waals surface area contributed by atoms with E-state index in [9.17, 15) is 0 Å². The van der Waals surface area contributed by atoms with E-state index in [2.05, 4.69) is 15.2 Å². The van der Waals surface area contributed by atoms with Crippen molar-refractivity contribution in [2.24, 2.45) is 0 Å². The number of hydrogen-bond acceptors (Lipinski definition) is 3. The van der Waals surface area contributed by atoms with Gasteiger partial charge < -0.3 is 4.74 Å². The molecule has 1 fully saturated rings. The molecule has 0 atom stereocenters. The molecule has 1 saturated carbocycles. The molecule has 0 amide bonds. The number of para-hydroxylation sites is 1. The Morgan fingerprint density at radius 2 is 1.90 bits per heavy atom. The Hall–Kier alpha value is -1.84. The van der Waals surface area contributed by atoms with Crippen LogP contribution in [0.25, 0.3) is 0 Å². The predicted octanol–water partition coefficient (Wildman–Crippen LogP) is 3.47. The van der Waals surface area contributed by atoms with Crippen molar-refractivity contribution >= 4 is 0 Å². The van der Waals surface area contributed by atoms with Crippen LogP contribution in [0.5, 0.6) is 5.75 Å². The minimum absolute atomic E-state index is 0.559. The third-order valence-corrected chi connectivity index (χ3v) is 3.87. The lowest BCUT2D eigenvalue weighted by molar-refractivity contribution is 0.319. The minimum Gasteiger partial charge on any atom is -0.493 e. The van der Waals surface area contributed by atoms with Gasteiger partial charge in [0.15, 0.2) is 5.82 Å². The number of rotatable bonds is 5. The van der Waals surface area contributed by atoms with Crippen molar-refractivity contribution < 1.29 is 4.74 Å². The molecule has 4 nitrogen and oxygen atoms in total. The molecule has 0 aliphatic heterocycles. The first-order valence-corrected chi connectivity index (χ1v) is 7.51. The van der Waals surface area contributed by atoms with Crippen LogP contribution in [0.1, 0.15) is 49.7 Å². The van der Waals surface area contributed by atoms with Crippen molar-refractivity contribution in [1.29, 1.82) is 0 Å². The number of nitrogens with zero attached hydrogens (tertiary/aromatic N) is 2. The highest BCUT2D eigenvalue weighted by molar-refractivity contribution is 5.20. The first-order chi connectivity index (χ1) is 9.92. The zero-order valence-corrected chi connectivity index (χ0v) is 11.7. The summed E-state index contributed by atoms with van der Waals surface area (Å²) in [7, 11) is 0. The van der Waals surface area contributed by atoms with Crippen molar-refractivity contribution in [3.05, 3.63) is 42.0 Å². The molecule has 1 aliphatic carbocycles. The van der Waals surface area contributed by atoms with Gasteiger partial charge in [-0.05, 0) is 25.0 Å². The SMILES string of the molecule is c1ccc(OCCc2nc(C3CCCCC3)n[nH]2)cc1. The molecule has 0 saturated heterocycles. The molecule has 0 radical (unpaired) electrons. The van der Waals surface area contributed by atoms with Crippen LogP contribution in [-0.2, 0) is 6.42 Å². The number of aromatic nitrogens is 3. The second-order valence-electron chi connectivity index (χ2n) is 5.39. The number of aromatic amines is 1. The van der Waals surface area contributed by atoms with Crippen LogP contribution in [0.4, 0.5) is 0 Å². The molecular formula is C16H21N3O. The highest BCUT2D eigenvalue weighted by atomic mass is 16.5. The Morgan fingerprint density at radius 3 is 2.70 bits per heavy atom. The highest BCUT2D eigenvalue weighted by Crippen LogP contribution is 2.30. The zero-order valence-electron chi connectivity index (χ0n) is 11.7. The normalized spacial score (nSPS) is 16.2. The fraction of sp³-hybridized carbons (Fsp3) is 0.500. The Morgan fingerprint density at radius 1 is 1.10 bits per heavy atom. The van der Waals surface area contributed by atoms with E-state index in [1.54, 1.807) is 0 Å². The van der Waals surface area contributed by atoms with Gasteiger partial charge >= 0.3 is 0 Å². The summed E-state index contributed by atoms with van der Waals surface area (Å²) in [6.07, 6.45) is 7.22. The van der Waals surface area contributed by atoms with Crippen LogP contribution in [0.2, 0.25) is 0 Å². The Kier molecular flexibility index (Phi) is 4.31. The lowest BCUT2D eigenvalue weighted by Gasteiger charge is -2.18. The van der Waals surface area contributed by atoms with Crippen molar-refractivity contribution in [1.82, 2.24) is 15.2 Å². The van der Waals surface area contributed by atoms with Gasteiger partial charge in [-0.1, -0.05) is 37.5 Å². The maximum absolute atomic E-state index is 5.68. The van der Waals surface area contributed by atoms with Crippen molar-refractivity contribution in [3.63, 3.8) is 0 Å². The molecule has 0 bridgehead atoms. The van der Waals surface area contributed by atoms with E-state index in [0.29, 0.717) is 12.5 Å². The maximum Gasteiger partial charge on any atom is 0.153 e. The number of hydrogen-bond donors (Lipinski definition) is 1. The summed E-state index contributed by atoms with van der Waals surface area (Å²) < 4.78 is 5.68. The van der Waals surface area contributed by atoms with Crippen LogP contribution in [0.3, 0.4) is 0 Å². The number of ether oxygens (including phenoxy) is 1. The van der Waals surface area contributed by atoms with Gasteiger partial charge in [0.05, 0.1) is 6.61 Å². The molecule has 3 rings (SSSR count). The Bertz CT molecular complexity index is 518. The van der Waals surface area contributed by atoms with Crippen LogP contribution < -0.4 is 4.74 Å². The highest BCUT2D eigenvalue weighted by Gasteiger charge is 2.19. The van der Waals surface area contributed by atoms with Crippen LogP contribution >= 0.6 is 0 Å².